The molecule has 21 heavy (non-hydrogen) atoms. The highest BCUT2D eigenvalue weighted by molar-refractivity contribution is 9.10. The molecule has 2 aromatic rings. The molecule has 0 saturated heterocycles. The number of amides is 2. The fraction of sp³-hybridized carbons (Fsp3) is 0.154. The van der Waals surface area contributed by atoms with Gasteiger partial charge in [-0.25, -0.2) is 0 Å². The van der Waals surface area contributed by atoms with Crippen LogP contribution in [-0.2, 0) is 6.42 Å². The Labute approximate surface area is 133 Å². The van der Waals surface area contributed by atoms with Crippen LogP contribution in [0.4, 0.5) is 5.69 Å². The van der Waals surface area contributed by atoms with E-state index >= 15 is 0 Å². The molecule has 1 aliphatic heterocycles. The van der Waals surface area contributed by atoms with E-state index in [-0.39, 0.29) is 17.4 Å². The SMILES string of the molecule is NC(=O)c1cc(C(=O)N2CCc3cc(Cl)cc(Br)c32)on1. The van der Waals surface area contributed by atoms with Crippen molar-refractivity contribution in [3.8, 4) is 0 Å². The third-order valence-electron chi connectivity index (χ3n) is 3.20. The summed E-state index contributed by atoms with van der Waals surface area (Å²) in [5, 5.41) is 4.07. The Morgan fingerprint density at radius 1 is 1.38 bits per heavy atom. The summed E-state index contributed by atoms with van der Waals surface area (Å²) in [6, 6.07) is 4.79. The van der Waals surface area contributed by atoms with Crippen LogP contribution in [0, 0.1) is 0 Å². The minimum Gasteiger partial charge on any atom is -0.364 e. The Morgan fingerprint density at radius 2 is 2.14 bits per heavy atom. The fourth-order valence-corrected chi connectivity index (χ4v) is 3.37. The summed E-state index contributed by atoms with van der Waals surface area (Å²) in [4.78, 5) is 25.0. The molecule has 1 aliphatic rings. The van der Waals surface area contributed by atoms with Crippen molar-refractivity contribution in [3.63, 3.8) is 0 Å². The van der Waals surface area contributed by atoms with Crippen molar-refractivity contribution >= 4 is 45.0 Å². The average molecular weight is 371 g/mol. The molecule has 0 saturated carbocycles. The zero-order valence-electron chi connectivity index (χ0n) is 10.6. The van der Waals surface area contributed by atoms with Crippen LogP contribution in [0.25, 0.3) is 0 Å². The first kappa shape index (κ1) is 14.1. The zero-order chi connectivity index (χ0) is 15.1. The number of aromatic nitrogens is 1. The summed E-state index contributed by atoms with van der Waals surface area (Å²) < 4.78 is 5.62. The number of nitrogens with two attached hydrogens (primary N) is 1. The number of benzene rings is 1. The number of halogens is 2. The van der Waals surface area contributed by atoms with E-state index in [4.69, 9.17) is 21.9 Å². The first-order chi connectivity index (χ1) is 9.97. The van der Waals surface area contributed by atoms with Crippen molar-refractivity contribution < 1.29 is 14.1 Å². The molecule has 2 heterocycles. The molecule has 2 amide bonds. The highest BCUT2D eigenvalue weighted by Gasteiger charge is 2.30. The fourth-order valence-electron chi connectivity index (χ4n) is 2.28. The van der Waals surface area contributed by atoms with Crippen LogP contribution in [0.2, 0.25) is 5.02 Å². The van der Waals surface area contributed by atoms with E-state index < -0.39 is 5.91 Å². The quantitative estimate of drug-likeness (QED) is 0.879. The summed E-state index contributed by atoms with van der Waals surface area (Å²) in [5.74, 6) is -1.15. The Bertz CT molecular complexity index is 759. The Hall–Kier alpha value is -1.86. The lowest BCUT2D eigenvalue weighted by molar-refractivity contribution is 0.0947. The van der Waals surface area contributed by atoms with E-state index in [9.17, 15) is 9.59 Å². The van der Waals surface area contributed by atoms with Crippen LogP contribution in [-0.4, -0.2) is 23.5 Å². The number of carbonyl (C=O) groups excluding carboxylic acids is 2. The molecule has 0 bridgehead atoms. The van der Waals surface area contributed by atoms with Gasteiger partial charge in [0.05, 0.1) is 5.69 Å². The molecular weight excluding hydrogens is 362 g/mol. The van der Waals surface area contributed by atoms with E-state index in [1.807, 2.05) is 6.07 Å². The topological polar surface area (TPSA) is 89.4 Å². The van der Waals surface area contributed by atoms with Crippen LogP contribution >= 0.6 is 27.5 Å². The predicted molar refractivity (Wildman–Crippen MR) is 79.6 cm³/mol. The average Bonchev–Trinajstić information content (AvgIpc) is 3.04. The molecule has 2 N–H and O–H groups in total. The van der Waals surface area contributed by atoms with Crippen LogP contribution < -0.4 is 10.6 Å². The molecule has 6 nitrogen and oxygen atoms in total. The van der Waals surface area contributed by atoms with Crippen molar-refractivity contribution in [2.45, 2.75) is 6.42 Å². The largest absolute Gasteiger partial charge is 0.364 e. The lowest BCUT2D eigenvalue weighted by atomic mass is 10.2. The van der Waals surface area contributed by atoms with Gasteiger partial charge in [0.2, 0.25) is 5.76 Å². The van der Waals surface area contributed by atoms with Gasteiger partial charge < -0.3 is 15.2 Å². The smallest absolute Gasteiger partial charge is 0.296 e. The second kappa shape index (κ2) is 5.16. The number of carbonyl (C=O) groups is 2. The van der Waals surface area contributed by atoms with Gasteiger partial charge in [0.1, 0.15) is 0 Å². The van der Waals surface area contributed by atoms with Crippen LogP contribution in [0.3, 0.4) is 0 Å². The summed E-state index contributed by atoms with van der Waals surface area (Å²) in [7, 11) is 0. The minimum absolute atomic E-state index is 0.0292. The molecule has 0 unspecified atom stereocenters. The summed E-state index contributed by atoms with van der Waals surface area (Å²) in [6.45, 7) is 0.500. The predicted octanol–water partition coefficient (Wildman–Crippen LogP) is 2.39. The normalized spacial score (nSPS) is 13.3. The number of anilines is 1. The standard InChI is InChI=1S/C13H9BrClN3O3/c14-8-4-7(15)3-6-1-2-18(11(6)8)13(20)10-5-9(12(16)19)17-21-10/h3-5H,1-2H2,(H2,16,19). The maximum atomic E-state index is 12.5. The second-order valence-electron chi connectivity index (χ2n) is 4.54. The molecule has 0 spiro atoms. The van der Waals surface area contributed by atoms with E-state index in [1.54, 1.807) is 11.0 Å². The third kappa shape index (κ3) is 2.43. The summed E-state index contributed by atoms with van der Waals surface area (Å²) >= 11 is 9.41. The second-order valence-corrected chi connectivity index (χ2v) is 5.83. The number of primary amides is 1. The van der Waals surface area contributed by atoms with Crippen LogP contribution in [0.1, 0.15) is 26.6 Å². The number of rotatable bonds is 2. The van der Waals surface area contributed by atoms with Crippen molar-refractivity contribution in [2.24, 2.45) is 5.73 Å². The number of hydrogen-bond acceptors (Lipinski definition) is 4. The first-order valence-corrected chi connectivity index (χ1v) is 7.21. The molecule has 0 atom stereocenters. The lowest BCUT2D eigenvalue weighted by Gasteiger charge is -2.17. The number of hydrogen-bond donors (Lipinski definition) is 1. The molecule has 8 heteroatoms. The van der Waals surface area contributed by atoms with Crippen molar-refractivity contribution in [1.29, 1.82) is 0 Å². The molecule has 1 aromatic carbocycles. The minimum atomic E-state index is -0.743. The van der Waals surface area contributed by atoms with E-state index in [1.165, 1.54) is 6.07 Å². The molecule has 0 aliphatic carbocycles. The van der Waals surface area contributed by atoms with Gasteiger partial charge in [-0.3, -0.25) is 9.59 Å². The van der Waals surface area contributed by atoms with Gasteiger partial charge in [0, 0.05) is 22.1 Å². The Balaban J connectivity index is 1.96. The van der Waals surface area contributed by atoms with Crippen LogP contribution in [0.5, 0.6) is 0 Å². The molecular formula is C13H9BrClN3O3. The molecule has 0 radical (unpaired) electrons. The van der Waals surface area contributed by atoms with Gasteiger partial charge in [0.25, 0.3) is 11.8 Å². The van der Waals surface area contributed by atoms with Gasteiger partial charge in [-0.05, 0) is 40.0 Å². The zero-order valence-corrected chi connectivity index (χ0v) is 12.9. The third-order valence-corrected chi connectivity index (χ3v) is 4.02. The van der Waals surface area contributed by atoms with Crippen molar-refractivity contribution in [3.05, 3.63) is 44.7 Å². The van der Waals surface area contributed by atoms with Gasteiger partial charge in [-0.15, -0.1) is 0 Å². The highest BCUT2D eigenvalue weighted by Crippen LogP contribution is 2.38. The van der Waals surface area contributed by atoms with Gasteiger partial charge in [-0.2, -0.15) is 0 Å². The van der Waals surface area contributed by atoms with E-state index in [2.05, 4.69) is 21.1 Å². The maximum Gasteiger partial charge on any atom is 0.296 e. The van der Waals surface area contributed by atoms with Gasteiger partial charge in [0.15, 0.2) is 5.69 Å². The van der Waals surface area contributed by atoms with Crippen molar-refractivity contribution in [2.75, 3.05) is 11.4 Å². The number of nitrogens with zero attached hydrogens (tertiary/aromatic N) is 2. The van der Waals surface area contributed by atoms with Gasteiger partial charge in [-0.1, -0.05) is 16.8 Å². The molecule has 1 aromatic heterocycles. The molecule has 0 fully saturated rings. The molecule has 3 rings (SSSR count). The Kier molecular flexibility index (Phi) is 3.46. The highest BCUT2D eigenvalue weighted by atomic mass is 79.9. The van der Waals surface area contributed by atoms with Crippen LogP contribution in [0.15, 0.2) is 27.2 Å². The Morgan fingerprint density at radius 3 is 2.81 bits per heavy atom. The lowest BCUT2D eigenvalue weighted by Crippen LogP contribution is -2.28. The maximum absolute atomic E-state index is 12.5. The van der Waals surface area contributed by atoms with E-state index in [0.717, 1.165) is 15.7 Å². The van der Waals surface area contributed by atoms with Crippen molar-refractivity contribution in [1.82, 2.24) is 5.16 Å². The monoisotopic (exact) mass is 369 g/mol. The number of fused-ring (bicyclic) bond motifs is 1. The van der Waals surface area contributed by atoms with E-state index in [0.29, 0.717) is 18.0 Å². The summed E-state index contributed by atoms with van der Waals surface area (Å²) in [6.07, 6.45) is 0.692. The van der Waals surface area contributed by atoms with Gasteiger partial charge >= 0.3 is 0 Å². The first-order valence-electron chi connectivity index (χ1n) is 6.03. The molecule has 108 valence electrons. The summed E-state index contributed by atoms with van der Waals surface area (Å²) in [5.41, 5.74) is 6.73.